The SMILES string of the molecule is Cc1cccc(NC(=O)C2=Cc3ccccc3OC=C2)c1C. The summed E-state index contributed by atoms with van der Waals surface area (Å²) in [6, 6.07) is 13.5. The second-order valence-corrected chi connectivity index (χ2v) is 5.26. The molecule has 3 nitrogen and oxygen atoms in total. The number of amides is 1. The van der Waals surface area contributed by atoms with E-state index in [2.05, 4.69) is 5.32 Å². The first-order valence-corrected chi connectivity index (χ1v) is 7.16. The summed E-state index contributed by atoms with van der Waals surface area (Å²) in [5.74, 6) is 0.596. The van der Waals surface area contributed by atoms with Gasteiger partial charge in [0, 0.05) is 16.8 Å². The van der Waals surface area contributed by atoms with E-state index in [9.17, 15) is 4.79 Å². The lowest BCUT2D eigenvalue weighted by Crippen LogP contribution is -2.14. The van der Waals surface area contributed by atoms with Gasteiger partial charge in [0.25, 0.3) is 5.91 Å². The van der Waals surface area contributed by atoms with Crippen LogP contribution in [-0.4, -0.2) is 5.91 Å². The van der Waals surface area contributed by atoms with Gasteiger partial charge in [-0.3, -0.25) is 4.79 Å². The van der Waals surface area contributed by atoms with Crippen molar-refractivity contribution in [2.24, 2.45) is 0 Å². The molecule has 0 bridgehead atoms. The Morgan fingerprint density at radius 2 is 1.86 bits per heavy atom. The number of rotatable bonds is 2. The highest BCUT2D eigenvalue weighted by Gasteiger charge is 2.13. The number of anilines is 1. The Bertz CT molecular complexity index is 788. The van der Waals surface area contributed by atoms with Crippen molar-refractivity contribution < 1.29 is 9.53 Å². The molecule has 0 atom stereocenters. The number of carbonyl (C=O) groups is 1. The van der Waals surface area contributed by atoms with Crippen molar-refractivity contribution in [3.63, 3.8) is 0 Å². The van der Waals surface area contributed by atoms with E-state index in [-0.39, 0.29) is 5.91 Å². The lowest BCUT2D eigenvalue weighted by molar-refractivity contribution is -0.112. The van der Waals surface area contributed by atoms with Crippen molar-refractivity contribution in [2.75, 3.05) is 5.32 Å². The number of nitrogens with one attached hydrogen (secondary N) is 1. The monoisotopic (exact) mass is 291 g/mol. The molecule has 0 fully saturated rings. The average molecular weight is 291 g/mol. The maximum Gasteiger partial charge on any atom is 0.255 e. The molecule has 0 radical (unpaired) electrons. The van der Waals surface area contributed by atoms with Crippen LogP contribution in [0.3, 0.4) is 0 Å². The van der Waals surface area contributed by atoms with E-state index in [0.29, 0.717) is 5.57 Å². The summed E-state index contributed by atoms with van der Waals surface area (Å²) >= 11 is 0. The van der Waals surface area contributed by atoms with Crippen molar-refractivity contribution in [1.29, 1.82) is 0 Å². The molecular formula is C19H17NO2. The van der Waals surface area contributed by atoms with Crippen molar-refractivity contribution in [3.8, 4) is 5.75 Å². The van der Waals surface area contributed by atoms with Gasteiger partial charge in [-0.2, -0.15) is 0 Å². The number of benzene rings is 2. The first-order valence-electron chi connectivity index (χ1n) is 7.16. The zero-order valence-corrected chi connectivity index (χ0v) is 12.6. The molecule has 2 aromatic rings. The number of aryl methyl sites for hydroxylation is 1. The van der Waals surface area contributed by atoms with Crippen LogP contribution in [0.15, 0.2) is 60.4 Å². The third-order valence-corrected chi connectivity index (χ3v) is 3.79. The van der Waals surface area contributed by atoms with Gasteiger partial charge in [-0.1, -0.05) is 30.3 Å². The molecule has 3 rings (SSSR count). The Labute approximate surface area is 129 Å². The number of fused-ring (bicyclic) bond motifs is 1. The molecule has 3 heteroatoms. The van der Waals surface area contributed by atoms with E-state index < -0.39 is 0 Å². The first kappa shape index (κ1) is 14.1. The largest absolute Gasteiger partial charge is 0.464 e. The number of hydrogen-bond acceptors (Lipinski definition) is 2. The van der Waals surface area contributed by atoms with Gasteiger partial charge in [0.05, 0.1) is 6.26 Å². The van der Waals surface area contributed by atoms with Gasteiger partial charge in [0.15, 0.2) is 0 Å². The molecule has 0 aromatic heterocycles. The van der Waals surface area contributed by atoms with E-state index in [1.165, 1.54) is 0 Å². The number of hydrogen-bond donors (Lipinski definition) is 1. The van der Waals surface area contributed by atoms with Crippen LogP contribution in [0.4, 0.5) is 5.69 Å². The summed E-state index contributed by atoms with van der Waals surface area (Å²) < 4.78 is 5.51. The smallest absolute Gasteiger partial charge is 0.255 e. The van der Waals surface area contributed by atoms with E-state index in [0.717, 1.165) is 28.1 Å². The molecular weight excluding hydrogens is 274 g/mol. The van der Waals surface area contributed by atoms with Gasteiger partial charge in [0.2, 0.25) is 0 Å². The maximum atomic E-state index is 12.5. The molecule has 110 valence electrons. The van der Waals surface area contributed by atoms with E-state index in [4.69, 9.17) is 4.74 Å². The summed E-state index contributed by atoms with van der Waals surface area (Å²) in [7, 11) is 0. The zero-order chi connectivity index (χ0) is 15.5. The summed E-state index contributed by atoms with van der Waals surface area (Å²) in [4.78, 5) is 12.5. The topological polar surface area (TPSA) is 38.3 Å². The van der Waals surface area contributed by atoms with Crippen LogP contribution in [0.25, 0.3) is 6.08 Å². The predicted octanol–water partition coefficient (Wildman–Crippen LogP) is 4.23. The Morgan fingerprint density at radius 1 is 1.05 bits per heavy atom. The second kappa shape index (κ2) is 5.90. The zero-order valence-electron chi connectivity index (χ0n) is 12.6. The van der Waals surface area contributed by atoms with Crippen LogP contribution >= 0.6 is 0 Å². The lowest BCUT2D eigenvalue weighted by atomic mass is 10.1. The minimum atomic E-state index is -0.148. The summed E-state index contributed by atoms with van der Waals surface area (Å²) in [6.45, 7) is 4.03. The van der Waals surface area contributed by atoms with Crippen molar-refractivity contribution >= 4 is 17.7 Å². The Morgan fingerprint density at radius 3 is 2.73 bits per heavy atom. The molecule has 1 heterocycles. The Kier molecular flexibility index (Phi) is 3.79. The van der Waals surface area contributed by atoms with Crippen LogP contribution in [-0.2, 0) is 4.79 Å². The molecule has 1 N–H and O–H groups in total. The molecule has 0 unspecified atom stereocenters. The Hall–Kier alpha value is -2.81. The van der Waals surface area contributed by atoms with Gasteiger partial charge in [0.1, 0.15) is 5.75 Å². The highest BCUT2D eigenvalue weighted by molar-refractivity contribution is 6.09. The van der Waals surface area contributed by atoms with Crippen molar-refractivity contribution in [1.82, 2.24) is 0 Å². The highest BCUT2D eigenvalue weighted by atomic mass is 16.5. The molecule has 1 amide bonds. The van der Waals surface area contributed by atoms with Gasteiger partial charge >= 0.3 is 0 Å². The Balaban J connectivity index is 1.89. The van der Waals surface area contributed by atoms with Crippen molar-refractivity contribution in [2.45, 2.75) is 13.8 Å². The first-order chi connectivity index (χ1) is 10.6. The van der Waals surface area contributed by atoms with Crippen LogP contribution in [0.1, 0.15) is 16.7 Å². The lowest BCUT2D eigenvalue weighted by Gasteiger charge is -2.10. The maximum absolute atomic E-state index is 12.5. The number of para-hydroxylation sites is 1. The molecule has 0 aliphatic carbocycles. The minimum absolute atomic E-state index is 0.148. The van der Waals surface area contributed by atoms with Crippen LogP contribution in [0.2, 0.25) is 0 Å². The predicted molar refractivity (Wildman–Crippen MR) is 88.7 cm³/mol. The van der Waals surface area contributed by atoms with Crippen LogP contribution in [0.5, 0.6) is 5.75 Å². The van der Waals surface area contributed by atoms with E-state index in [1.807, 2.05) is 62.4 Å². The average Bonchev–Trinajstić information content (AvgIpc) is 2.74. The van der Waals surface area contributed by atoms with Crippen molar-refractivity contribution in [3.05, 3.63) is 77.1 Å². The normalized spacial score (nSPS) is 12.7. The molecule has 1 aliphatic heterocycles. The highest BCUT2D eigenvalue weighted by Crippen LogP contribution is 2.25. The quantitative estimate of drug-likeness (QED) is 0.899. The van der Waals surface area contributed by atoms with Gasteiger partial charge in [-0.25, -0.2) is 0 Å². The van der Waals surface area contributed by atoms with E-state index in [1.54, 1.807) is 12.3 Å². The molecule has 22 heavy (non-hydrogen) atoms. The number of ether oxygens (including phenoxy) is 1. The van der Waals surface area contributed by atoms with Gasteiger partial charge < -0.3 is 10.1 Å². The van der Waals surface area contributed by atoms with Gasteiger partial charge in [-0.05, 0) is 49.3 Å². The third-order valence-electron chi connectivity index (χ3n) is 3.79. The molecule has 1 aliphatic rings. The van der Waals surface area contributed by atoms with E-state index >= 15 is 0 Å². The van der Waals surface area contributed by atoms with Crippen LogP contribution in [0, 0.1) is 13.8 Å². The fraction of sp³-hybridized carbons (Fsp3) is 0.105. The number of carbonyl (C=O) groups excluding carboxylic acids is 1. The fourth-order valence-corrected chi connectivity index (χ4v) is 2.33. The summed E-state index contributed by atoms with van der Waals surface area (Å²) in [5, 5.41) is 2.97. The minimum Gasteiger partial charge on any atom is -0.464 e. The molecule has 0 saturated carbocycles. The summed E-state index contributed by atoms with van der Waals surface area (Å²) in [5.41, 5.74) is 4.50. The standard InChI is InChI=1S/C19H17NO2/c1-13-6-5-8-17(14(13)2)20-19(21)16-10-11-22-18-9-4-3-7-15(18)12-16/h3-12H,1-2H3,(H,20,21). The van der Waals surface area contributed by atoms with Gasteiger partial charge in [-0.15, -0.1) is 0 Å². The summed E-state index contributed by atoms with van der Waals surface area (Å²) in [6.07, 6.45) is 5.06. The molecule has 0 spiro atoms. The fourth-order valence-electron chi connectivity index (χ4n) is 2.33. The molecule has 0 saturated heterocycles. The van der Waals surface area contributed by atoms with Crippen LogP contribution < -0.4 is 10.1 Å². The second-order valence-electron chi connectivity index (χ2n) is 5.26. The molecule has 2 aromatic carbocycles. The third kappa shape index (κ3) is 2.79.